The number of aliphatic hydroxyl groups is 4. The Bertz CT molecular complexity index is 336. The minimum Gasteiger partial charge on any atom is -0.547 e. The predicted octanol–water partition coefficient (Wildman–Crippen LogP) is -11.5. The maximum absolute atomic E-state index is 9.63. The van der Waals surface area contributed by atoms with Gasteiger partial charge in [0.1, 0.15) is 24.4 Å². The Morgan fingerprint density at radius 2 is 0.682 bits per heavy atom. The zero-order valence-corrected chi connectivity index (χ0v) is 16.5. The topological polar surface area (TPSA) is 241 Å². The monoisotopic (exact) mass is 468 g/mol. The van der Waals surface area contributed by atoms with E-state index in [4.69, 9.17) is 20.4 Å². The molecule has 0 rings (SSSR count). The number of hydrogen-bond acceptors (Lipinski definition) is 12. The van der Waals surface area contributed by atoms with Crippen LogP contribution in [0.25, 0.3) is 0 Å². The van der Waals surface area contributed by atoms with Gasteiger partial charge in [-0.05, 0) is 0 Å². The Morgan fingerprint density at radius 1 is 0.591 bits per heavy atom. The smallest absolute Gasteiger partial charge is 0.547 e. The van der Waals surface area contributed by atoms with E-state index in [0.29, 0.717) is 0 Å². The van der Waals surface area contributed by atoms with Crippen LogP contribution in [0.2, 0.25) is 0 Å². The summed E-state index contributed by atoms with van der Waals surface area (Å²) < 4.78 is 0. The molecule has 0 bridgehead atoms. The van der Waals surface area contributed by atoms with E-state index in [1.165, 1.54) is 0 Å². The fourth-order valence-corrected chi connectivity index (χ4v) is 0.516. The van der Waals surface area contributed by atoms with Gasteiger partial charge in [0.25, 0.3) is 0 Å². The minimum absolute atomic E-state index is 0. The number of rotatable bonds is 6. The van der Waals surface area contributed by atoms with Gasteiger partial charge < -0.3 is 60.0 Å². The van der Waals surface area contributed by atoms with Crippen LogP contribution < -0.4 is 71.8 Å². The van der Waals surface area contributed by atoms with Gasteiger partial charge in [0, 0.05) is 8.56 Å². The molecule has 130 valence electrons. The van der Waals surface area contributed by atoms with E-state index < -0.39 is 48.3 Å². The van der Waals surface area contributed by atoms with Crippen molar-refractivity contribution in [2.24, 2.45) is 0 Å². The average Bonchev–Trinajstić information content (AvgIpc) is 2.35. The zero-order chi connectivity index (χ0) is 16.6. The summed E-state index contributed by atoms with van der Waals surface area (Å²) in [4.78, 5) is 38.5. The fourth-order valence-electron chi connectivity index (χ4n) is 0.516. The van der Waals surface area contributed by atoms with E-state index in [9.17, 15) is 39.6 Å². The first-order valence-corrected chi connectivity index (χ1v) is 4.49. The van der Waals surface area contributed by atoms with Gasteiger partial charge in [-0.3, -0.25) is 0 Å². The maximum atomic E-state index is 9.63. The molecule has 4 N–H and O–H groups in total. The summed E-state index contributed by atoms with van der Waals surface area (Å²) in [5, 5.41) is 71.5. The first-order valence-electron chi connectivity index (χ1n) is 4.49. The van der Waals surface area contributed by atoms with E-state index in [1.807, 2.05) is 0 Å². The van der Waals surface area contributed by atoms with Crippen LogP contribution in [0.15, 0.2) is 0 Å². The van der Waals surface area contributed by atoms with Crippen molar-refractivity contribution in [2.45, 2.75) is 24.4 Å². The summed E-state index contributed by atoms with van der Waals surface area (Å²) in [5.74, 6) is -8.23. The molecule has 12 nitrogen and oxygen atoms in total. The van der Waals surface area contributed by atoms with Gasteiger partial charge in [0.2, 0.25) is 0 Å². The van der Waals surface area contributed by atoms with E-state index in [-0.39, 0.29) is 84.4 Å². The summed E-state index contributed by atoms with van der Waals surface area (Å²) in [6, 6.07) is 0. The second-order valence-corrected chi connectivity index (χ2v) is 3.06. The Balaban J connectivity index is -0.0000000225. The van der Waals surface area contributed by atoms with Crippen molar-refractivity contribution in [3.05, 3.63) is 0 Å². The quantitative estimate of drug-likeness (QED) is 0.265. The molecule has 0 saturated carbocycles. The average molecular weight is 469 g/mol. The van der Waals surface area contributed by atoms with Crippen molar-refractivity contribution >= 4 is 48.3 Å². The van der Waals surface area contributed by atoms with Gasteiger partial charge in [-0.15, -0.1) is 0 Å². The number of aliphatic carboxylic acids is 4. The van der Waals surface area contributed by atoms with E-state index >= 15 is 0 Å². The molecular weight excluding hydrogens is 449 g/mol. The molecule has 22 heavy (non-hydrogen) atoms. The van der Waals surface area contributed by atoms with Crippen molar-refractivity contribution in [1.82, 2.24) is 0 Å². The summed E-state index contributed by atoms with van der Waals surface area (Å²) in [6.07, 6.45) is -9.76. The van der Waals surface area contributed by atoms with Gasteiger partial charge in [0.15, 0.2) is 0 Å². The second kappa shape index (κ2) is 14.7. The van der Waals surface area contributed by atoms with Crippen LogP contribution >= 0.6 is 0 Å². The van der Waals surface area contributed by atoms with Crippen molar-refractivity contribution in [1.29, 1.82) is 0 Å². The summed E-state index contributed by atoms with van der Waals surface area (Å²) in [5.41, 5.74) is 0. The zero-order valence-electron chi connectivity index (χ0n) is 10.8. The third kappa shape index (κ3) is 12.7. The fraction of sp³-hybridized carbons (Fsp3) is 0.500. The Hall–Kier alpha value is 0.175. The van der Waals surface area contributed by atoms with Gasteiger partial charge in [-0.1, -0.05) is 0 Å². The molecule has 14 heteroatoms. The van der Waals surface area contributed by atoms with E-state index in [1.54, 1.807) is 0 Å². The van der Waals surface area contributed by atoms with E-state index in [2.05, 4.69) is 0 Å². The predicted molar refractivity (Wildman–Crippen MR) is 62.5 cm³/mol. The van der Waals surface area contributed by atoms with Crippen LogP contribution in [0, 0.1) is 0 Å². The van der Waals surface area contributed by atoms with Crippen LogP contribution in [0.4, 0.5) is 0 Å². The molecule has 0 aromatic heterocycles. The molecule has 0 saturated heterocycles. The second-order valence-electron chi connectivity index (χ2n) is 3.06. The van der Waals surface area contributed by atoms with Crippen LogP contribution in [-0.4, -0.2) is 93.1 Å². The first kappa shape index (κ1) is 30.1. The standard InChI is InChI=1S/2C4H6O6.K.Sb.6H2/c2*5-1(3(7)8)2(6)4(9)10;;;;;;;;/h2*1-2,5-6H,(H,7,8)(H,9,10);;;6*1H/q;;+1;+3;;;;;;/p-4. The third-order valence-electron chi connectivity index (χ3n) is 1.56. The first-order chi connectivity index (χ1) is 8.93. The van der Waals surface area contributed by atoms with Crippen molar-refractivity contribution in [3.63, 3.8) is 0 Å². The molecule has 0 spiro atoms. The van der Waals surface area contributed by atoms with Gasteiger partial charge in [0.05, 0.1) is 23.9 Å². The van der Waals surface area contributed by atoms with Crippen LogP contribution in [0.5, 0.6) is 0 Å². The molecule has 0 amide bonds. The van der Waals surface area contributed by atoms with Crippen molar-refractivity contribution in [3.8, 4) is 0 Å². The molecule has 4 atom stereocenters. The van der Waals surface area contributed by atoms with Gasteiger partial charge in [-0.2, -0.15) is 0 Å². The largest absolute Gasteiger partial charge is 3.00 e. The van der Waals surface area contributed by atoms with Crippen LogP contribution in [0.3, 0.4) is 0 Å². The molecule has 4 unspecified atom stereocenters. The molecule has 0 aliphatic rings. The molecular formula is C8H20KO12Sb. The normalized spacial score (nSPS) is 14.4. The molecule has 2 radical (unpaired) electrons. The number of carboxylic acids is 4. The summed E-state index contributed by atoms with van der Waals surface area (Å²) in [6.45, 7) is 0. The number of carbonyl (C=O) groups is 4. The van der Waals surface area contributed by atoms with Gasteiger partial charge in [-0.25, -0.2) is 0 Å². The molecule has 0 aliphatic heterocycles. The van der Waals surface area contributed by atoms with Crippen LogP contribution in [-0.2, 0) is 19.2 Å². The van der Waals surface area contributed by atoms with Crippen molar-refractivity contribution < 1.29 is 120 Å². The Kier molecular flexibility index (Phi) is 20.2. The molecule has 0 aromatic rings. The summed E-state index contributed by atoms with van der Waals surface area (Å²) >= 11 is 0. The molecule has 0 aliphatic carbocycles. The van der Waals surface area contributed by atoms with Crippen LogP contribution in [0.1, 0.15) is 8.56 Å². The number of hydrogen-bond donors (Lipinski definition) is 4. The molecule has 0 aromatic carbocycles. The minimum atomic E-state index is -2.44. The van der Waals surface area contributed by atoms with Gasteiger partial charge >= 0.3 is 75.8 Å². The van der Waals surface area contributed by atoms with Crippen molar-refractivity contribution in [2.75, 3.05) is 0 Å². The third-order valence-corrected chi connectivity index (χ3v) is 1.56. The number of aliphatic hydroxyl groups excluding tert-OH is 4. The SMILES string of the molecule is O=C([O-])C(O)C(O)C(=O)[O-].O=C([O-])C(O)C(O)C(=O)[O-].[HH].[HH].[HH].[HH].[HH].[HH].[K+].[Sb+3]. The number of carboxylic acid groups (broad SMARTS) is 4. The van der Waals surface area contributed by atoms with E-state index in [0.717, 1.165) is 0 Å². The Labute approximate surface area is 191 Å². The summed E-state index contributed by atoms with van der Waals surface area (Å²) in [7, 11) is 0. The maximum Gasteiger partial charge on any atom is 3.00 e. The molecule has 0 heterocycles. The molecule has 0 fully saturated rings. The Morgan fingerprint density at radius 3 is 0.727 bits per heavy atom. The number of carbonyl (C=O) groups excluding carboxylic acids is 4.